The Hall–Kier alpha value is -2.16. The van der Waals surface area contributed by atoms with Gasteiger partial charge in [0.15, 0.2) is 10.3 Å². The Morgan fingerprint density at radius 2 is 1.27 bits per heavy atom. The van der Waals surface area contributed by atoms with Crippen molar-refractivity contribution in [3.05, 3.63) is 101 Å². The Balaban J connectivity index is -0.000000743. The third kappa shape index (κ3) is 34.2. The van der Waals surface area contributed by atoms with E-state index in [1.165, 1.54) is 24.6 Å². The first kappa shape index (κ1) is 66.1. The van der Waals surface area contributed by atoms with Crippen molar-refractivity contribution in [2.75, 3.05) is 79.3 Å². The number of thiocarbonyl (C=S) groups is 1. The molecule has 0 atom stereocenters. The van der Waals surface area contributed by atoms with Crippen molar-refractivity contribution in [1.29, 1.82) is 5.41 Å². The lowest BCUT2D eigenvalue weighted by atomic mass is 10.1. The summed E-state index contributed by atoms with van der Waals surface area (Å²) < 4.78 is 26.8. The van der Waals surface area contributed by atoms with Gasteiger partial charge in [0.2, 0.25) is 0 Å². The van der Waals surface area contributed by atoms with Crippen LogP contribution in [0.4, 0.5) is 0 Å². The van der Waals surface area contributed by atoms with Gasteiger partial charge in [-0.05, 0) is 90.8 Å². The van der Waals surface area contributed by atoms with Crippen molar-refractivity contribution in [3.8, 4) is 0 Å². The molecule has 24 heteroatoms. The molecule has 2 amide bonds. The molecular weight excluding hydrogens is 1180 g/mol. The second-order valence-electron chi connectivity index (χ2n) is 11.9. The number of esters is 1. The molecule has 16 nitrogen and oxygen atoms in total. The third-order valence-electron chi connectivity index (χ3n) is 7.16. The number of amides is 2. The van der Waals surface area contributed by atoms with E-state index in [1.54, 1.807) is 51.7 Å². The molecular formula is C40H59Br4Cl2N7O9S2. The predicted octanol–water partition coefficient (Wildman–Crippen LogP) is 6.97. The monoisotopic (exact) mass is 1230 g/mol. The van der Waals surface area contributed by atoms with Crippen LogP contribution in [0.3, 0.4) is 0 Å². The molecule has 0 spiro atoms. The summed E-state index contributed by atoms with van der Waals surface area (Å²) >= 11 is 24.8. The second-order valence-corrected chi connectivity index (χ2v) is 16.9. The Morgan fingerprint density at radius 1 is 0.828 bits per heavy atom. The van der Waals surface area contributed by atoms with Crippen LogP contribution < -0.4 is 33.6 Å². The first-order valence-electron chi connectivity index (χ1n) is 18.6. The summed E-state index contributed by atoms with van der Waals surface area (Å²) in [6.07, 6.45) is 2.56. The summed E-state index contributed by atoms with van der Waals surface area (Å²) in [5, 5.41) is 22.1. The molecule has 2 aliphatic rings. The molecule has 0 aliphatic carbocycles. The van der Waals surface area contributed by atoms with E-state index in [2.05, 4.69) is 86.8 Å². The van der Waals surface area contributed by atoms with Crippen molar-refractivity contribution in [3.63, 3.8) is 0 Å². The zero-order valence-electron chi connectivity index (χ0n) is 35.7. The molecule has 2 heterocycles. The molecule has 3 aromatic carbocycles. The van der Waals surface area contributed by atoms with Crippen LogP contribution in [0.5, 0.6) is 0 Å². The number of thioether (sulfide) groups is 1. The van der Waals surface area contributed by atoms with Crippen LogP contribution in [0.1, 0.15) is 60.6 Å². The molecule has 362 valence electrons. The number of hydrogen-bond donors (Lipinski definition) is 8. The molecule has 64 heavy (non-hydrogen) atoms. The van der Waals surface area contributed by atoms with Gasteiger partial charge in [0.05, 0.1) is 37.3 Å². The number of aliphatic hydroxyl groups is 1. The molecule has 5 rings (SSSR count). The molecule has 1 fully saturated rings. The second kappa shape index (κ2) is 43.4. The zero-order chi connectivity index (χ0) is 48.0. The first-order chi connectivity index (χ1) is 30.1. The molecule has 0 radical (unpaired) electrons. The van der Waals surface area contributed by atoms with E-state index in [0.29, 0.717) is 74.1 Å². The molecule has 2 aliphatic heterocycles. The van der Waals surface area contributed by atoms with Gasteiger partial charge in [-0.2, -0.15) is 0 Å². The minimum absolute atomic E-state index is 0. The number of alkyl halides is 2. The normalized spacial score (nSPS) is 11.2. The number of carbonyl (C=O) groups is 3. The molecule has 0 saturated carbocycles. The van der Waals surface area contributed by atoms with E-state index in [0.717, 1.165) is 37.8 Å². The quantitative estimate of drug-likeness (QED) is 0.0215. The summed E-state index contributed by atoms with van der Waals surface area (Å²) in [5.74, 6) is -0.0771. The highest BCUT2D eigenvalue weighted by atomic mass is 79.9. The zero-order valence-corrected chi connectivity index (χ0v) is 45.3. The average molecular weight is 1240 g/mol. The lowest BCUT2D eigenvalue weighted by molar-refractivity contribution is 0.0534. The Labute approximate surface area is 431 Å². The van der Waals surface area contributed by atoms with Crippen LogP contribution in [-0.4, -0.2) is 113 Å². The van der Waals surface area contributed by atoms with Crippen LogP contribution in [0.15, 0.2) is 68.0 Å². The number of carbonyl (C=O) groups excluding carboxylic acids is 3. The van der Waals surface area contributed by atoms with Gasteiger partial charge in [-0.25, -0.2) is 4.79 Å². The summed E-state index contributed by atoms with van der Waals surface area (Å²) in [6, 6.07) is 16.1. The van der Waals surface area contributed by atoms with Gasteiger partial charge < -0.3 is 62.4 Å². The summed E-state index contributed by atoms with van der Waals surface area (Å²) in [7, 11) is 4.79. The van der Waals surface area contributed by atoms with Crippen molar-refractivity contribution < 1.29 is 43.2 Å². The lowest BCUT2D eigenvalue weighted by Crippen LogP contribution is -2.27. The van der Waals surface area contributed by atoms with E-state index < -0.39 is 0 Å². The molecule has 0 bridgehead atoms. The number of aliphatic hydroxyl groups excluding tert-OH is 1. The average Bonchev–Trinajstić information content (AvgIpc) is 3.95. The number of hydrogen-bond acceptors (Lipinski definition) is 13. The standard InChI is InChI=1S/C12H16BrN3O2S.C11H14BrNO3.C8H5BrO2.C4H8O.C3H9NO.CH2Cl2.CH4N2S.BrH/c1-18-5-4-16-11(17)10-3-2-9(13)6-8(10)7-19-12(14)15;1-16-5-4-13-11(15)10-3-2-9(12)6-8(10)7-14;9-6-1-2-7-5(3-6)4-11-8(7)10;1-2-4-5-3-1;1-5-3-2-4;2-1-3;2-1(3)4;/h2-3,6H,4-5,7H2,1H3,(H3,14,15)(H,16,17);2-3,6,14H,4-5,7H2,1H3,(H,13,15);1-3H,4H2;1-4H2;2-4H2,1H3;1H2;(H4,2,3,4);1H. The SMILES string of the molecule is Br.C1CCOC1.COCCN.COCCNC(=O)c1ccc(Br)cc1CO.COCCNC(=O)c1ccc(Br)cc1CSC(=N)N.ClCCl.NC(N)=S.O=C1OCc2cc(Br)ccc21. The van der Waals surface area contributed by atoms with Crippen molar-refractivity contribution >= 4 is 140 Å². The van der Waals surface area contributed by atoms with E-state index in [4.69, 9.17) is 64.1 Å². The number of cyclic esters (lactones) is 1. The largest absolute Gasteiger partial charge is 0.457 e. The van der Waals surface area contributed by atoms with Gasteiger partial charge in [-0.3, -0.25) is 15.0 Å². The Kier molecular flexibility index (Phi) is 44.8. The molecule has 0 aromatic heterocycles. The molecule has 12 N–H and O–H groups in total. The fourth-order valence-corrected chi connectivity index (χ4v) is 6.20. The Morgan fingerprint density at radius 3 is 1.66 bits per heavy atom. The lowest BCUT2D eigenvalue weighted by Gasteiger charge is -2.10. The van der Waals surface area contributed by atoms with E-state index in [-0.39, 0.29) is 57.0 Å². The number of fused-ring (bicyclic) bond motifs is 1. The minimum Gasteiger partial charge on any atom is -0.457 e. The molecule has 3 aromatic rings. The van der Waals surface area contributed by atoms with Crippen LogP contribution >= 0.6 is 112 Å². The highest BCUT2D eigenvalue weighted by Gasteiger charge is 2.20. The summed E-state index contributed by atoms with van der Waals surface area (Å²) in [4.78, 5) is 34.7. The number of amidine groups is 1. The predicted molar refractivity (Wildman–Crippen MR) is 278 cm³/mol. The number of methoxy groups -OCH3 is 3. The maximum atomic E-state index is 12.0. The number of nitrogens with one attached hydrogen (secondary N) is 3. The van der Waals surface area contributed by atoms with E-state index in [1.807, 2.05) is 24.3 Å². The third-order valence-corrected chi connectivity index (χ3v) is 9.40. The molecule has 0 unspecified atom stereocenters. The highest BCUT2D eigenvalue weighted by Crippen LogP contribution is 2.24. The summed E-state index contributed by atoms with van der Waals surface area (Å²) in [6.45, 7) is 5.40. The van der Waals surface area contributed by atoms with Gasteiger partial charge >= 0.3 is 5.97 Å². The Bertz CT molecular complexity index is 1780. The first-order valence-corrected chi connectivity index (χ1v) is 23.5. The van der Waals surface area contributed by atoms with Gasteiger partial charge in [-0.15, -0.1) is 40.2 Å². The topological polar surface area (TPSA) is 270 Å². The fraction of sp³-hybridized carbons (Fsp3) is 0.425. The smallest absolute Gasteiger partial charge is 0.338 e. The maximum absolute atomic E-state index is 12.0. The van der Waals surface area contributed by atoms with Gasteiger partial charge in [-0.1, -0.05) is 59.6 Å². The number of ether oxygens (including phenoxy) is 5. The van der Waals surface area contributed by atoms with Gasteiger partial charge in [0.25, 0.3) is 11.8 Å². The maximum Gasteiger partial charge on any atom is 0.338 e. The van der Waals surface area contributed by atoms with Gasteiger partial charge in [0.1, 0.15) is 6.61 Å². The van der Waals surface area contributed by atoms with E-state index >= 15 is 0 Å². The van der Waals surface area contributed by atoms with Crippen LogP contribution in [0.2, 0.25) is 0 Å². The number of nitrogens with two attached hydrogens (primary N) is 4. The number of halogens is 6. The van der Waals surface area contributed by atoms with Crippen LogP contribution in [0.25, 0.3) is 0 Å². The van der Waals surface area contributed by atoms with Crippen LogP contribution in [-0.2, 0) is 42.7 Å². The summed E-state index contributed by atoms with van der Waals surface area (Å²) in [5.41, 5.74) is 23.7. The van der Waals surface area contributed by atoms with Gasteiger partial charge in [0, 0.05) is 90.0 Å². The highest BCUT2D eigenvalue weighted by molar-refractivity contribution is 9.11. The molecule has 1 saturated heterocycles. The van der Waals surface area contributed by atoms with E-state index in [9.17, 15) is 14.4 Å². The van der Waals surface area contributed by atoms with Crippen molar-refractivity contribution in [1.82, 2.24) is 10.6 Å². The fourth-order valence-electron chi connectivity index (χ4n) is 4.43. The van der Waals surface area contributed by atoms with Crippen molar-refractivity contribution in [2.24, 2.45) is 22.9 Å². The van der Waals surface area contributed by atoms with Crippen molar-refractivity contribution in [2.45, 2.75) is 31.8 Å². The minimum atomic E-state index is -0.215. The van der Waals surface area contributed by atoms with Crippen LogP contribution in [0, 0.1) is 5.41 Å². The number of benzene rings is 3. The number of rotatable bonds is 13.